The number of hydrogen-bond acceptors (Lipinski definition) is 2. The first-order valence-electron chi connectivity index (χ1n) is 13.5. The smallest absolute Gasteiger partial charge is 0.123 e. The van der Waals surface area contributed by atoms with Gasteiger partial charge in [-0.05, 0) is 60.6 Å². The molecule has 3 aromatic rings. The third-order valence-electron chi connectivity index (χ3n) is 7.30. The zero-order chi connectivity index (χ0) is 28.1. The molecule has 0 aromatic heterocycles. The third-order valence-corrected chi connectivity index (χ3v) is 7.30. The molecule has 0 aliphatic heterocycles. The fourth-order valence-corrected chi connectivity index (χ4v) is 5.16. The van der Waals surface area contributed by atoms with E-state index >= 15 is 0 Å². The molecule has 0 amide bonds. The van der Waals surface area contributed by atoms with Crippen LogP contribution >= 0.6 is 0 Å². The molecule has 0 saturated carbocycles. The SMILES string of the molecule is CC(C)(C)c1cc(C(c2ccccc2)c2cc(C(C)(C)C)c(O)c(C(C)(C)C)c2)cc(C(C)(C)C)c1O. The van der Waals surface area contributed by atoms with Crippen molar-refractivity contribution < 1.29 is 10.2 Å². The monoisotopic (exact) mass is 500 g/mol. The van der Waals surface area contributed by atoms with Gasteiger partial charge in [-0.1, -0.05) is 138 Å². The molecule has 2 nitrogen and oxygen atoms in total. The van der Waals surface area contributed by atoms with Crippen molar-refractivity contribution in [3.05, 3.63) is 93.5 Å². The minimum atomic E-state index is -0.219. The molecule has 3 rings (SSSR count). The maximum atomic E-state index is 11.4. The van der Waals surface area contributed by atoms with Crippen molar-refractivity contribution in [3.8, 4) is 11.5 Å². The predicted molar refractivity (Wildman–Crippen MR) is 158 cm³/mol. The Hall–Kier alpha value is -2.74. The second kappa shape index (κ2) is 9.53. The van der Waals surface area contributed by atoms with Crippen LogP contribution in [0.2, 0.25) is 0 Å². The summed E-state index contributed by atoms with van der Waals surface area (Å²) >= 11 is 0. The summed E-state index contributed by atoms with van der Waals surface area (Å²) in [5.41, 5.74) is 6.47. The highest BCUT2D eigenvalue weighted by atomic mass is 16.3. The summed E-state index contributed by atoms with van der Waals surface area (Å²) in [6.07, 6.45) is 0. The Morgan fingerprint density at radius 2 is 0.703 bits per heavy atom. The van der Waals surface area contributed by atoms with E-state index < -0.39 is 0 Å². The van der Waals surface area contributed by atoms with Gasteiger partial charge in [-0.25, -0.2) is 0 Å². The molecule has 2 N–H and O–H groups in total. The van der Waals surface area contributed by atoms with Gasteiger partial charge < -0.3 is 10.2 Å². The molecule has 200 valence electrons. The van der Waals surface area contributed by atoms with Crippen LogP contribution in [-0.2, 0) is 21.7 Å². The van der Waals surface area contributed by atoms with Gasteiger partial charge in [0.05, 0.1) is 0 Å². The van der Waals surface area contributed by atoms with Gasteiger partial charge in [0.2, 0.25) is 0 Å². The standard InChI is InChI=1S/C35H48O2/c1-32(2,3)25-18-23(19-26(30(25)36)33(4,5)6)29(22-16-14-13-15-17-22)24-20-27(34(7,8)9)31(37)28(21-24)35(10,11)12/h13-21,29,36-37H,1-12H3. The van der Waals surface area contributed by atoms with Crippen LogP contribution in [0.5, 0.6) is 11.5 Å². The summed E-state index contributed by atoms with van der Waals surface area (Å²) in [6.45, 7) is 25.9. The van der Waals surface area contributed by atoms with Crippen molar-refractivity contribution in [1.82, 2.24) is 0 Å². The van der Waals surface area contributed by atoms with E-state index in [0.29, 0.717) is 11.5 Å². The van der Waals surface area contributed by atoms with Crippen LogP contribution in [0.25, 0.3) is 0 Å². The van der Waals surface area contributed by atoms with Gasteiger partial charge in [-0.15, -0.1) is 0 Å². The van der Waals surface area contributed by atoms with Gasteiger partial charge in [-0.3, -0.25) is 0 Å². The lowest BCUT2D eigenvalue weighted by molar-refractivity contribution is 0.422. The average Bonchev–Trinajstić information content (AvgIpc) is 2.73. The van der Waals surface area contributed by atoms with E-state index in [-0.39, 0.29) is 27.6 Å². The molecule has 0 atom stereocenters. The van der Waals surface area contributed by atoms with E-state index in [1.54, 1.807) is 0 Å². The van der Waals surface area contributed by atoms with Crippen LogP contribution in [0.1, 0.15) is 128 Å². The Balaban J connectivity index is 2.49. The zero-order valence-electron chi connectivity index (χ0n) is 25.2. The normalized spacial score (nSPS) is 13.3. The topological polar surface area (TPSA) is 40.5 Å². The molecule has 0 spiro atoms. The summed E-state index contributed by atoms with van der Waals surface area (Å²) < 4.78 is 0. The van der Waals surface area contributed by atoms with E-state index in [2.05, 4.69) is 138 Å². The maximum Gasteiger partial charge on any atom is 0.123 e. The Morgan fingerprint density at radius 1 is 0.432 bits per heavy atom. The second-order valence-corrected chi connectivity index (χ2v) is 14.8. The molecule has 37 heavy (non-hydrogen) atoms. The molecule has 0 radical (unpaired) electrons. The molecule has 0 bridgehead atoms. The number of rotatable bonds is 3. The molecular weight excluding hydrogens is 452 g/mol. The van der Waals surface area contributed by atoms with Crippen molar-refractivity contribution in [2.75, 3.05) is 0 Å². The van der Waals surface area contributed by atoms with E-state index in [4.69, 9.17) is 0 Å². The minimum Gasteiger partial charge on any atom is -0.507 e. The lowest BCUT2D eigenvalue weighted by Gasteiger charge is -2.32. The molecule has 0 fully saturated rings. The fourth-order valence-electron chi connectivity index (χ4n) is 5.16. The van der Waals surface area contributed by atoms with Crippen molar-refractivity contribution >= 4 is 0 Å². The van der Waals surface area contributed by atoms with Crippen molar-refractivity contribution in [1.29, 1.82) is 0 Å². The Kier molecular flexibility index (Phi) is 7.43. The summed E-state index contributed by atoms with van der Waals surface area (Å²) in [5.74, 6) is 0.742. The first kappa shape index (κ1) is 28.8. The predicted octanol–water partition coefficient (Wildman–Crippen LogP) is 9.47. The largest absolute Gasteiger partial charge is 0.507 e. The van der Waals surface area contributed by atoms with E-state index in [1.807, 2.05) is 0 Å². The van der Waals surface area contributed by atoms with Crippen molar-refractivity contribution in [2.24, 2.45) is 0 Å². The first-order valence-corrected chi connectivity index (χ1v) is 13.5. The third kappa shape index (κ3) is 6.06. The number of phenolic OH excluding ortho intramolecular Hbond substituents is 2. The van der Waals surface area contributed by atoms with Gasteiger partial charge in [0.25, 0.3) is 0 Å². The zero-order valence-corrected chi connectivity index (χ0v) is 25.2. The molecule has 0 unspecified atom stereocenters. The Bertz CT molecular complexity index is 1100. The summed E-state index contributed by atoms with van der Waals surface area (Å²) in [7, 11) is 0. The molecule has 0 heterocycles. The summed E-state index contributed by atoms with van der Waals surface area (Å²) in [6, 6.07) is 19.4. The summed E-state index contributed by atoms with van der Waals surface area (Å²) in [5, 5.41) is 22.8. The van der Waals surface area contributed by atoms with Crippen molar-refractivity contribution in [3.63, 3.8) is 0 Å². The number of hydrogen-bond donors (Lipinski definition) is 2. The number of aromatic hydroxyl groups is 2. The lowest BCUT2D eigenvalue weighted by Crippen LogP contribution is -2.20. The van der Waals surface area contributed by atoms with Crippen LogP contribution in [0.3, 0.4) is 0 Å². The lowest BCUT2D eigenvalue weighted by atomic mass is 9.73. The van der Waals surface area contributed by atoms with Crippen LogP contribution in [0, 0.1) is 0 Å². The van der Waals surface area contributed by atoms with Gasteiger partial charge in [0.15, 0.2) is 0 Å². The number of phenols is 2. The van der Waals surface area contributed by atoms with Crippen molar-refractivity contribution in [2.45, 2.75) is 111 Å². The maximum absolute atomic E-state index is 11.4. The van der Waals surface area contributed by atoms with Gasteiger partial charge in [0, 0.05) is 5.92 Å². The van der Waals surface area contributed by atoms with E-state index in [1.165, 1.54) is 5.56 Å². The average molecular weight is 501 g/mol. The van der Waals surface area contributed by atoms with Crippen LogP contribution in [0.15, 0.2) is 54.6 Å². The number of benzene rings is 3. The highest BCUT2D eigenvalue weighted by molar-refractivity contribution is 5.57. The van der Waals surface area contributed by atoms with Crippen LogP contribution < -0.4 is 0 Å². The highest BCUT2D eigenvalue weighted by Gasteiger charge is 2.32. The Labute approximate surface area is 225 Å². The minimum absolute atomic E-state index is 0.0493. The molecular formula is C35H48O2. The molecule has 0 aliphatic rings. The second-order valence-electron chi connectivity index (χ2n) is 14.8. The molecule has 2 heteroatoms. The van der Waals surface area contributed by atoms with Gasteiger partial charge in [0.1, 0.15) is 11.5 Å². The molecule has 3 aromatic carbocycles. The van der Waals surface area contributed by atoms with Crippen LogP contribution in [-0.4, -0.2) is 10.2 Å². The summed E-state index contributed by atoms with van der Waals surface area (Å²) in [4.78, 5) is 0. The molecule has 0 saturated heterocycles. The quantitative estimate of drug-likeness (QED) is 0.352. The van der Waals surface area contributed by atoms with E-state index in [9.17, 15) is 10.2 Å². The fraction of sp³-hybridized carbons (Fsp3) is 0.486. The Morgan fingerprint density at radius 3 is 0.946 bits per heavy atom. The molecule has 0 aliphatic carbocycles. The van der Waals surface area contributed by atoms with Crippen LogP contribution in [0.4, 0.5) is 0 Å². The first-order chi connectivity index (χ1) is 16.7. The van der Waals surface area contributed by atoms with E-state index in [0.717, 1.165) is 33.4 Å². The highest BCUT2D eigenvalue weighted by Crippen LogP contribution is 2.46. The van der Waals surface area contributed by atoms with Gasteiger partial charge in [-0.2, -0.15) is 0 Å². The van der Waals surface area contributed by atoms with Gasteiger partial charge >= 0.3 is 0 Å².